The quantitative estimate of drug-likeness (QED) is 0.459. The third-order valence-electron chi connectivity index (χ3n) is 1.56. The Hall–Kier alpha value is -0.570. The molecule has 3 nitrogen and oxygen atoms in total. The maximum absolute atomic E-state index is 10.00. The summed E-state index contributed by atoms with van der Waals surface area (Å²) in [5.41, 5.74) is 6.82. The van der Waals surface area contributed by atoms with E-state index >= 15 is 0 Å². The molecule has 0 aromatic carbocycles. The predicted octanol–water partition coefficient (Wildman–Crippen LogP) is -0.152. The summed E-state index contributed by atoms with van der Waals surface area (Å²) >= 11 is 0. The normalized spacial score (nSPS) is 22.2. The highest BCUT2D eigenvalue weighted by molar-refractivity contribution is 5.49. The van der Waals surface area contributed by atoms with Gasteiger partial charge in [-0.3, -0.25) is 4.79 Å². The topological polar surface area (TPSA) is 44.1 Å². The molecule has 8 heavy (non-hydrogen) atoms. The highest BCUT2D eigenvalue weighted by atomic mass is 16.1. The van der Waals surface area contributed by atoms with E-state index in [1.807, 2.05) is 0 Å². The second-order valence-corrected chi connectivity index (χ2v) is 2.25. The van der Waals surface area contributed by atoms with Crippen LogP contribution in [-0.2, 0) is 4.79 Å². The largest absolute Gasteiger partial charge is 0.329 e. The summed E-state index contributed by atoms with van der Waals surface area (Å²) < 4.78 is 0. The second kappa shape index (κ2) is 1.45. The molecule has 0 spiro atoms. The molecule has 1 fully saturated rings. The first-order valence-corrected chi connectivity index (χ1v) is 2.62. The van der Waals surface area contributed by atoms with E-state index in [9.17, 15) is 4.79 Å². The minimum Gasteiger partial charge on any atom is -0.329 e. The molecule has 0 saturated heterocycles. The van der Waals surface area contributed by atoms with Gasteiger partial charge in [0.1, 0.15) is 5.66 Å². The Kier molecular flexibility index (Phi) is 1.01. The zero-order chi connectivity index (χ0) is 6.20. The summed E-state index contributed by atoms with van der Waals surface area (Å²) in [4.78, 5) is 11.4. The first kappa shape index (κ1) is 5.56. The van der Waals surface area contributed by atoms with Crippen molar-refractivity contribution in [3.8, 4) is 0 Å². The predicted molar refractivity (Wildman–Crippen MR) is 28.9 cm³/mol. The fraction of sp³-hybridized carbons (Fsp3) is 0.800. The van der Waals surface area contributed by atoms with Gasteiger partial charge in [0, 0.05) is 7.05 Å². The number of amides is 1. The third kappa shape index (κ3) is 0.690. The van der Waals surface area contributed by atoms with Crippen molar-refractivity contribution in [2.75, 3.05) is 7.05 Å². The Bertz CT molecular complexity index is 109. The summed E-state index contributed by atoms with van der Waals surface area (Å²) in [6.07, 6.45) is 2.38. The third-order valence-corrected chi connectivity index (χ3v) is 1.56. The van der Waals surface area contributed by atoms with Crippen LogP contribution in [0.2, 0.25) is 0 Å². The van der Waals surface area contributed by atoms with Gasteiger partial charge in [0.05, 0.1) is 0 Å². The van der Waals surface area contributed by atoms with Gasteiger partial charge in [0.25, 0.3) is 0 Å². The van der Waals surface area contributed by atoms with Gasteiger partial charge in [-0.05, 0) is 12.8 Å². The lowest BCUT2D eigenvalue weighted by molar-refractivity contribution is -0.119. The molecule has 1 N–H and O–H groups in total. The Balaban J connectivity index is 2.45. The number of hydrogen-bond acceptors (Lipinski definition) is 1. The number of hydrogen-bond donors (Lipinski definition) is 0. The number of carbonyl (C=O) groups is 1. The van der Waals surface area contributed by atoms with Gasteiger partial charge < -0.3 is 4.90 Å². The van der Waals surface area contributed by atoms with Gasteiger partial charge in [-0.25, -0.2) is 5.73 Å². The molecule has 0 atom stereocenters. The average Bonchev–Trinajstić information content (AvgIpc) is 2.47. The number of rotatable bonds is 2. The van der Waals surface area contributed by atoms with Gasteiger partial charge in [-0.1, -0.05) is 0 Å². The molecule has 0 aliphatic heterocycles. The van der Waals surface area contributed by atoms with Gasteiger partial charge >= 0.3 is 0 Å². The van der Waals surface area contributed by atoms with Crippen LogP contribution >= 0.6 is 0 Å². The van der Waals surface area contributed by atoms with Crippen LogP contribution in [-0.4, -0.2) is 24.0 Å². The maximum Gasteiger partial charge on any atom is 0.210 e. The van der Waals surface area contributed by atoms with Crippen molar-refractivity contribution in [2.24, 2.45) is 0 Å². The number of nitrogens with zero attached hydrogens (tertiary/aromatic N) is 1. The van der Waals surface area contributed by atoms with Gasteiger partial charge in [-0.2, -0.15) is 0 Å². The van der Waals surface area contributed by atoms with Crippen molar-refractivity contribution in [3.05, 3.63) is 0 Å². The van der Waals surface area contributed by atoms with Crippen molar-refractivity contribution < 1.29 is 4.79 Å². The van der Waals surface area contributed by atoms with Crippen LogP contribution in [0.4, 0.5) is 0 Å². The second-order valence-electron chi connectivity index (χ2n) is 2.25. The lowest BCUT2D eigenvalue weighted by Gasteiger charge is -2.16. The zero-order valence-electron chi connectivity index (χ0n) is 4.85. The van der Waals surface area contributed by atoms with Crippen LogP contribution in [0.3, 0.4) is 0 Å². The fourth-order valence-electron chi connectivity index (χ4n) is 0.572. The molecule has 1 aliphatic rings. The SMILES string of the molecule is CN(C=O)C1([NH])CC1. The van der Waals surface area contributed by atoms with E-state index in [1.54, 1.807) is 7.05 Å². The smallest absolute Gasteiger partial charge is 0.210 e. The number of nitrogens with one attached hydrogen (secondary N) is 1. The molecule has 0 bridgehead atoms. The van der Waals surface area contributed by atoms with Crippen LogP contribution in [0, 0.1) is 0 Å². The molecule has 1 radical (unpaired) electrons. The monoisotopic (exact) mass is 113 g/mol. The molecule has 0 heterocycles. The summed E-state index contributed by atoms with van der Waals surface area (Å²) in [6, 6.07) is 0. The minimum absolute atomic E-state index is 0.526. The first-order valence-electron chi connectivity index (χ1n) is 2.62. The highest BCUT2D eigenvalue weighted by Gasteiger charge is 2.42. The Morgan fingerprint density at radius 3 is 2.38 bits per heavy atom. The van der Waals surface area contributed by atoms with E-state index in [0.29, 0.717) is 6.41 Å². The van der Waals surface area contributed by atoms with Crippen molar-refractivity contribution >= 4 is 6.41 Å². The van der Waals surface area contributed by atoms with Gasteiger partial charge in [0.2, 0.25) is 6.41 Å². The minimum atomic E-state index is -0.526. The average molecular weight is 113 g/mol. The number of carbonyl (C=O) groups excluding carboxylic acids is 1. The van der Waals surface area contributed by atoms with Gasteiger partial charge in [0.15, 0.2) is 0 Å². The van der Waals surface area contributed by atoms with Crippen molar-refractivity contribution in [3.63, 3.8) is 0 Å². The molecule has 45 valence electrons. The first-order chi connectivity index (χ1) is 3.69. The summed E-state index contributed by atoms with van der Waals surface area (Å²) in [5.74, 6) is 0. The van der Waals surface area contributed by atoms with E-state index in [1.165, 1.54) is 4.90 Å². The molecule has 1 rings (SSSR count). The molecule has 3 heteroatoms. The van der Waals surface area contributed by atoms with E-state index in [4.69, 9.17) is 5.73 Å². The van der Waals surface area contributed by atoms with Crippen LogP contribution in [0.15, 0.2) is 0 Å². The zero-order valence-corrected chi connectivity index (χ0v) is 4.85. The Labute approximate surface area is 48.5 Å². The summed E-state index contributed by atoms with van der Waals surface area (Å²) in [6.45, 7) is 0. The van der Waals surface area contributed by atoms with Crippen LogP contribution < -0.4 is 5.73 Å². The van der Waals surface area contributed by atoms with E-state index in [0.717, 1.165) is 12.8 Å². The Morgan fingerprint density at radius 1 is 1.75 bits per heavy atom. The van der Waals surface area contributed by atoms with Crippen molar-refractivity contribution in [1.82, 2.24) is 10.6 Å². The fourth-order valence-corrected chi connectivity index (χ4v) is 0.572. The van der Waals surface area contributed by atoms with Gasteiger partial charge in [-0.15, -0.1) is 0 Å². The lowest BCUT2D eigenvalue weighted by atomic mass is 10.5. The van der Waals surface area contributed by atoms with Crippen LogP contribution in [0.5, 0.6) is 0 Å². The molecule has 1 amide bonds. The molecule has 1 saturated carbocycles. The molecule has 0 aromatic rings. The van der Waals surface area contributed by atoms with Crippen LogP contribution in [0.25, 0.3) is 0 Å². The van der Waals surface area contributed by atoms with E-state index < -0.39 is 5.66 Å². The maximum atomic E-state index is 10.00. The van der Waals surface area contributed by atoms with E-state index in [-0.39, 0.29) is 0 Å². The summed E-state index contributed by atoms with van der Waals surface area (Å²) in [5, 5.41) is 0. The molecular formula is C5H9N2O. The highest BCUT2D eigenvalue weighted by Crippen LogP contribution is 2.35. The molecule has 1 aliphatic carbocycles. The van der Waals surface area contributed by atoms with Crippen LogP contribution in [0.1, 0.15) is 12.8 Å². The lowest BCUT2D eigenvalue weighted by Crippen LogP contribution is -2.33. The standard InChI is InChI=1S/C5H9N2O/c1-7(4-8)5(6)2-3-5/h4,6H,2-3H2,1H3. The molecule has 0 aromatic heterocycles. The molecule has 0 unspecified atom stereocenters. The van der Waals surface area contributed by atoms with Crippen molar-refractivity contribution in [2.45, 2.75) is 18.5 Å². The molecular weight excluding hydrogens is 104 g/mol. The summed E-state index contributed by atoms with van der Waals surface area (Å²) in [7, 11) is 1.65. The van der Waals surface area contributed by atoms with Crippen molar-refractivity contribution in [1.29, 1.82) is 0 Å². The van der Waals surface area contributed by atoms with E-state index in [2.05, 4.69) is 0 Å². The Morgan fingerprint density at radius 2 is 2.25 bits per heavy atom.